The van der Waals surface area contributed by atoms with Crippen LogP contribution in [0.4, 0.5) is 0 Å². The highest BCUT2D eigenvalue weighted by Crippen LogP contribution is 2.43. The number of phosphoric acid groups is 1. The van der Waals surface area contributed by atoms with Crippen molar-refractivity contribution in [1.82, 2.24) is 0 Å². The Hall–Kier alpha value is 0.562. The van der Waals surface area contributed by atoms with E-state index in [0.29, 0.717) is 32.3 Å². The lowest BCUT2D eigenvalue weighted by molar-refractivity contribution is 0.0382. The highest BCUT2D eigenvalue weighted by Gasteiger charge is 2.20. The summed E-state index contributed by atoms with van der Waals surface area (Å²) in [5, 5.41) is 0. The van der Waals surface area contributed by atoms with Crippen molar-refractivity contribution in [1.29, 1.82) is 0 Å². The van der Waals surface area contributed by atoms with Gasteiger partial charge in [-0.3, -0.25) is 9.05 Å². The van der Waals surface area contributed by atoms with Gasteiger partial charge in [0.15, 0.2) is 17.4 Å². The van der Waals surface area contributed by atoms with Crippen molar-refractivity contribution in [2.45, 2.75) is 117 Å². The zero-order valence-electron chi connectivity index (χ0n) is 21.4. The zero-order valence-corrected chi connectivity index (χ0v) is 22.3. The van der Waals surface area contributed by atoms with Crippen LogP contribution in [0.25, 0.3) is 0 Å². The lowest BCUT2D eigenvalue weighted by Gasteiger charge is -2.14. The Kier molecular flexibility index (Phi) is 29.4. The molecule has 0 saturated heterocycles. The van der Waals surface area contributed by atoms with Crippen molar-refractivity contribution in [3.05, 3.63) is 0 Å². The fourth-order valence-electron chi connectivity index (χ4n) is 3.57. The van der Waals surface area contributed by atoms with Gasteiger partial charge in [-0.05, 0) is 32.1 Å². The Morgan fingerprint density at radius 2 is 1.12 bits per heavy atom. The quantitative estimate of drug-likeness (QED) is 0.0814. The first-order valence-electron chi connectivity index (χ1n) is 13.3. The van der Waals surface area contributed by atoms with E-state index in [-0.39, 0.29) is 24.0 Å². The van der Waals surface area contributed by atoms with Crippen molar-refractivity contribution < 1.29 is 28.0 Å². The second-order valence-electron chi connectivity index (χ2n) is 8.90. The largest absolute Gasteiger partial charge is 0.472 e. The molecule has 0 rings (SSSR count). The zero-order chi connectivity index (χ0) is 23.8. The molecule has 33 heavy (non-hydrogen) atoms. The summed E-state index contributed by atoms with van der Waals surface area (Å²) in [4.78, 5) is 9.77. The highest BCUT2D eigenvalue weighted by atomic mass is 31.2. The smallest absolute Gasteiger partial charge is 0.379 e. The van der Waals surface area contributed by atoms with Crippen LogP contribution in [0.1, 0.15) is 117 Å². The summed E-state index contributed by atoms with van der Waals surface area (Å²) < 4.78 is 32.9. The Bertz CT molecular complexity index is 428. The lowest BCUT2D eigenvalue weighted by Crippen LogP contribution is -2.10. The highest BCUT2D eigenvalue weighted by molar-refractivity contribution is 7.47. The van der Waals surface area contributed by atoms with Crippen LogP contribution in [0.5, 0.6) is 0 Å². The van der Waals surface area contributed by atoms with Crippen molar-refractivity contribution in [3.8, 4) is 0 Å². The maximum Gasteiger partial charge on any atom is 0.472 e. The van der Waals surface area contributed by atoms with E-state index in [0.717, 1.165) is 38.7 Å². The van der Waals surface area contributed by atoms with Gasteiger partial charge in [-0.15, -0.1) is 0 Å². The lowest BCUT2D eigenvalue weighted by atomic mass is 10.1. The number of phosphoric ester groups is 1. The first-order chi connectivity index (χ1) is 15.5. The number of ether oxygens (including phenoxy) is 2. The second kappa shape index (κ2) is 27.2. The van der Waals surface area contributed by atoms with Gasteiger partial charge >= 0.3 is 7.82 Å². The molecule has 200 valence electrons. The minimum Gasteiger partial charge on any atom is -0.379 e. The summed E-state index contributed by atoms with van der Waals surface area (Å²) in [5.41, 5.74) is 0. The Labute approximate surface area is 215 Å². The van der Waals surface area contributed by atoms with Gasteiger partial charge in [0, 0.05) is 13.2 Å². The number of hydrogen-bond acceptors (Lipinski definition) is 5. The van der Waals surface area contributed by atoms with Gasteiger partial charge in [0.1, 0.15) is 0 Å². The second-order valence-corrected chi connectivity index (χ2v) is 10.4. The predicted octanol–water partition coefficient (Wildman–Crippen LogP) is 6.50. The van der Waals surface area contributed by atoms with Gasteiger partial charge in [0.25, 0.3) is 0 Å². The third-order valence-corrected chi connectivity index (χ3v) is 6.59. The van der Waals surface area contributed by atoms with Crippen LogP contribution in [-0.2, 0) is 23.1 Å². The predicted molar refractivity (Wildman–Crippen MR) is 143 cm³/mol. The molecule has 2 atom stereocenters. The Balaban J connectivity index is 0. The standard InChI is InChI=1S/C25H53O6P.Al.3H/c1-4-6-7-8-9-10-11-12-13-14-15-17-20-30-32(26,27)31-21-18-16-19-25(3)24-29-23-22-28-5-2;;;;/h25H,4-24H2,1-3H3,(H,26,27);;;;. The number of hydrogen-bond donors (Lipinski definition) is 1. The molecule has 8 heteroatoms. The van der Waals surface area contributed by atoms with Gasteiger partial charge in [-0.25, -0.2) is 4.57 Å². The van der Waals surface area contributed by atoms with Crippen molar-refractivity contribution in [2.75, 3.05) is 39.6 Å². The molecule has 1 N–H and O–H groups in total. The topological polar surface area (TPSA) is 74.2 Å². The van der Waals surface area contributed by atoms with Gasteiger partial charge in [-0.2, -0.15) is 0 Å². The maximum atomic E-state index is 11.9. The molecule has 2 unspecified atom stereocenters. The molecule has 0 saturated carbocycles. The summed E-state index contributed by atoms with van der Waals surface area (Å²) >= 11 is 0. The molecule has 0 aliphatic heterocycles. The molecule has 0 heterocycles. The summed E-state index contributed by atoms with van der Waals surface area (Å²) in [6.07, 6.45) is 17.8. The number of rotatable bonds is 26. The maximum absolute atomic E-state index is 11.9. The molecule has 0 aliphatic rings. The van der Waals surface area contributed by atoms with Crippen LogP contribution in [0.2, 0.25) is 0 Å². The summed E-state index contributed by atoms with van der Waals surface area (Å²) in [7, 11) is -3.91. The third-order valence-electron chi connectivity index (χ3n) is 5.58. The van der Waals surface area contributed by atoms with E-state index in [1.165, 1.54) is 64.2 Å². The van der Waals surface area contributed by atoms with Crippen molar-refractivity contribution >= 4 is 25.2 Å². The van der Waals surface area contributed by atoms with Crippen LogP contribution in [0.15, 0.2) is 0 Å². The summed E-state index contributed by atoms with van der Waals surface area (Å²) in [6, 6.07) is 0. The first-order valence-corrected chi connectivity index (χ1v) is 14.8. The average Bonchev–Trinajstić information content (AvgIpc) is 2.76. The molecular weight excluding hydrogens is 454 g/mol. The fourth-order valence-corrected chi connectivity index (χ4v) is 4.36. The molecule has 0 spiro atoms. The van der Waals surface area contributed by atoms with E-state index in [4.69, 9.17) is 18.5 Å². The Morgan fingerprint density at radius 1 is 0.667 bits per heavy atom. The first kappa shape index (κ1) is 35.7. The molecule has 6 nitrogen and oxygen atoms in total. The van der Waals surface area contributed by atoms with E-state index >= 15 is 0 Å². The Morgan fingerprint density at radius 3 is 1.64 bits per heavy atom. The molecule has 0 bridgehead atoms. The molecule has 0 aliphatic carbocycles. The van der Waals surface area contributed by atoms with Gasteiger partial charge in [0.05, 0.1) is 26.4 Å². The van der Waals surface area contributed by atoms with E-state index < -0.39 is 7.82 Å². The minimum absolute atomic E-state index is 0. The van der Waals surface area contributed by atoms with Gasteiger partial charge in [0.2, 0.25) is 0 Å². The van der Waals surface area contributed by atoms with Crippen LogP contribution in [0.3, 0.4) is 0 Å². The molecule has 0 amide bonds. The minimum atomic E-state index is -3.91. The van der Waals surface area contributed by atoms with E-state index in [1.54, 1.807) is 0 Å². The van der Waals surface area contributed by atoms with Crippen LogP contribution >= 0.6 is 7.82 Å². The van der Waals surface area contributed by atoms with Crippen LogP contribution in [0, 0.1) is 5.92 Å². The molecule has 0 aromatic carbocycles. The monoisotopic (exact) mass is 510 g/mol. The van der Waals surface area contributed by atoms with Crippen LogP contribution < -0.4 is 0 Å². The van der Waals surface area contributed by atoms with E-state index in [1.807, 2.05) is 6.92 Å². The van der Waals surface area contributed by atoms with Gasteiger partial charge < -0.3 is 14.4 Å². The fraction of sp³-hybridized carbons (Fsp3) is 1.00. The molecule has 0 aromatic rings. The van der Waals surface area contributed by atoms with Crippen LogP contribution in [-0.4, -0.2) is 61.9 Å². The van der Waals surface area contributed by atoms with Crippen molar-refractivity contribution in [2.24, 2.45) is 5.92 Å². The van der Waals surface area contributed by atoms with E-state index in [9.17, 15) is 9.46 Å². The third kappa shape index (κ3) is 28.7. The summed E-state index contributed by atoms with van der Waals surface area (Å²) in [6.45, 7) is 9.63. The molecular formula is C25H56AlO6P. The normalized spacial score (nSPS) is 14.1. The molecule has 0 radical (unpaired) electrons. The van der Waals surface area contributed by atoms with Crippen molar-refractivity contribution in [3.63, 3.8) is 0 Å². The van der Waals surface area contributed by atoms with E-state index in [2.05, 4.69) is 13.8 Å². The average molecular weight is 511 g/mol. The SMILES string of the molecule is CCCCCCCCCCCCCCOP(=O)(O)OCCCCC(C)COCCOCC.[AlH3]. The van der Waals surface area contributed by atoms with Gasteiger partial charge in [-0.1, -0.05) is 90.9 Å². The number of unbranched alkanes of at least 4 members (excludes halogenated alkanes) is 12. The summed E-state index contributed by atoms with van der Waals surface area (Å²) in [5.74, 6) is 0.458. The molecule has 0 fully saturated rings. The molecule has 0 aromatic heterocycles.